The molecule has 4 nitrogen and oxygen atoms in total. The number of aryl methyl sites for hydroxylation is 1. The summed E-state index contributed by atoms with van der Waals surface area (Å²) < 4.78 is 13.3. The smallest absolute Gasteiger partial charge is 0.188 e. The van der Waals surface area contributed by atoms with Gasteiger partial charge < -0.3 is 14.0 Å². The van der Waals surface area contributed by atoms with E-state index in [2.05, 4.69) is 10.6 Å². The van der Waals surface area contributed by atoms with Crippen LogP contribution in [0.25, 0.3) is 11.3 Å². The van der Waals surface area contributed by atoms with Crippen LogP contribution in [0.2, 0.25) is 0 Å². The molecule has 120 valence electrons. The SMILES string of the molecule is COc1cc2c(cc1OC)-c1c(C)c(=O)c3c(n1CC2)CCC3. The summed E-state index contributed by atoms with van der Waals surface area (Å²) in [5.74, 6) is 1.47. The van der Waals surface area contributed by atoms with Crippen molar-refractivity contribution in [3.63, 3.8) is 0 Å². The van der Waals surface area contributed by atoms with E-state index in [0.717, 1.165) is 60.4 Å². The standard InChI is InChI=1S/C19H21NO3/c1-11-18-14-10-17(23-3)16(22-2)9-12(14)7-8-20(18)15-6-4-5-13(15)19(11)21/h9-10H,4-8H2,1-3H3. The lowest BCUT2D eigenvalue weighted by Gasteiger charge is -2.28. The summed E-state index contributed by atoms with van der Waals surface area (Å²) >= 11 is 0. The van der Waals surface area contributed by atoms with Gasteiger partial charge in [-0.15, -0.1) is 0 Å². The predicted octanol–water partition coefficient (Wildman–Crippen LogP) is 2.89. The fourth-order valence-electron chi connectivity index (χ4n) is 4.12. The van der Waals surface area contributed by atoms with Crippen molar-refractivity contribution in [3.8, 4) is 22.8 Å². The largest absolute Gasteiger partial charge is 0.493 e. The highest BCUT2D eigenvalue weighted by molar-refractivity contribution is 5.73. The quantitative estimate of drug-likeness (QED) is 0.856. The lowest BCUT2D eigenvalue weighted by molar-refractivity contribution is 0.354. The second-order valence-corrected chi connectivity index (χ2v) is 6.35. The van der Waals surface area contributed by atoms with Crippen LogP contribution in [0.5, 0.6) is 11.5 Å². The van der Waals surface area contributed by atoms with Gasteiger partial charge in [0, 0.05) is 28.9 Å². The number of aromatic nitrogens is 1. The Morgan fingerprint density at radius 3 is 2.52 bits per heavy atom. The van der Waals surface area contributed by atoms with Gasteiger partial charge in [-0.05, 0) is 50.3 Å². The van der Waals surface area contributed by atoms with Crippen molar-refractivity contribution in [2.24, 2.45) is 0 Å². The third kappa shape index (κ3) is 1.94. The zero-order valence-corrected chi connectivity index (χ0v) is 13.9. The maximum atomic E-state index is 12.8. The van der Waals surface area contributed by atoms with E-state index >= 15 is 0 Å². The van der Waals surface area contributed by atoms with Gasteiger partial charge in [-0.2, -0.15) is 0 Å². The van der Waals surface area contributed by atoms with Crippen LogP contribution in [-0.2, 0) is 25.8 Å². The Morgan fingerprint density at radius 1 is 1.04 bits per heavy atom. The molecule has 0 bridgehead atoms. The van der Waals surface area contributed by atoms with Crippen molar-refractivity contribution >= 4 is 0 Å². The highest BCUT2D eigenvalue weighted by Crippen LogP contribution is 2.40. The number of hydrogen-bond acceptors (Lipinski definition) is 3. The van der Waals surface area contributed by atoms with E-state index in [-0.39, 0.29) is 5.43 Å². The molecule has 1 aliphatic carbocycles. The molecule has 4 heteroatoms. The number of benzene rings is 1. The van der Waals surface area contributed by atoms with Gasteiger partial charge in [0.1, 0.15) is 0 Å². The van der Waals surface area contributed by atoms with Crippen LogP contribution in [0.15, 0.2) is 16.9 Å². The van der Waals surface area contributed by atoms with E-state index in [0.29, 0.717) is 5.75 Å². The van der Waals surface area contributed by atoms with Crippen LogP contribution in [0, 0.1) is 6.92 Å². The van der Waals surface area contributed by atoms with Gasteiger partial charge >= 0.3 is 0 Å². The maximum Gasteiger partial charge on any atom is 0.188 e. The first kappa shape index (κ1) is 14.4. The fourth-order valence-corrected chi connectivity index (χ4v) is 4.12. The Kier molecular flexibility index (Phi) is 3.22. The Labute approximate surface area is 135 Å². The predicted molar refractivity (Wildman–Crippen MR) is 89.7 cm³/mol. The molecule has 23 heavy (non-hydrogen) atoms. The van der Waals surface area contributed by atoms with Gasteiger partial charge in [-0.25, -0.2) is 0 Å². The normalized spacial score (nSPS) is 14.9. The van der Waals surface area contributed by atoms with Crippen LogP contribution < -0.4 is 14.9 Å². The van der Waals surface area contributed by atoms with Gasteiger partial charge in [0.2, 0.25) is 0 Å². The van der Waals surface area contributed by atoms with Crippen LogP contribution in [-0.4, -0.2) is 18.8 Å². The zero-order valence-electron chi connectivity index (χ0n) is 13.9. The minimum atomic E-state index is 0.228. The molecular weight excluding hydrogens is 290 g/mol. The van der Waals surface area contributed by atoms with Crippen molar-refractivity contribution in [2.75, 3.05) is 14.2 Å². The van der Waals surface area contributed by atoms with Crippen LogP contribution in [0.4, 0.5) is 0 Å². The Bertz CT molecular complexity index is 864. The molecule has 0 spiro atoms. The molecule has 0 radical (unpaired) electrons. The summed E-state index contributed by atoms with van der Waals surface area (Å²) in [6, 6.07) is 4.07. The second kappa shape index (κ2) is 5.15. The molecule has 0 amide bonds. The number of fused-ring (bicyclic) bond motifs is 5. The molecular formula is C19H21NO3. The Hall–Kier alpha value is -2.23. The van der Waals surface area contributed by atoms with E-state index in [1.54, 1.807) is 14.2 Å². The first-order valence-electron chi connectivity index (χ1n) is 8.16. The third-order valence-corrected chi connectivity index (χ3v) is 5.22. The lowest BCUT2D eigenvalue weighted by Crippen LogP contribution is -2.25. The summed E-state index contributed by atoms with van der Waals surface area (Å²) in [6.45, 7) is 2.89. The number of pyridine rings is 1. The summed E-state index contributed by atoms with van der Waals surface area (Å²) in [4.78, 5) is 12.8. The molecule has 1 aromatic carbocycles. The van der Waals surface area contributed by atoms with E-state index < -0.39 is 0 Å². The number of ether oxygens (including phenoxy) is 2. The average molecular weight is 311 g/mol. The fraction of sp³-hybridized carbons (Fsp3) is 0.421. The van der Waals surface area contributed by atoms with Gasteiger partial charge in [0.05, 0.1) is 19.9 Å². The highest BCUT2D eigenvalue weighted by atomic mass is 16.5. The minimum absolute atomic E-state index is 0.228. The average Bonchev–Trinajstić information content (AvgIpc) is 3.07. The van der Waals surface area contributed by atoms with Gasteiger partial charge in [-0.3, -0.25) is 4.79 Å². The highest BCUT2D eigenvalue weighted by Gasteiger charge is 2.28. The molecule has 0 saturated heterocycles. The molecule has 0 atom stereocenters. The molecule has 0 unspecified atom stereocenters. The molecule has 2 aliphatic rings. The summed E-state index contributed by atoms with van der Waals surface area (Å²) in [6.07, 6.45) is 3.98. The van der Waals surface area contributed by atoms with Crippen molar-refractivity contribution in [1.82, 2.24) is 4.57 Å². The minimum Gasteiger partial charge on any atom is -0.493 e. The van der Waals surface area contributed by atoms with Gasteiger partial charge in [0.25, 0.3) is 0 Å². The Morgan fingerprint density at radius 2 is 1.78 bits per heavy atom. The molecule has 1 aliphatic heterocycles. The maximum absolute atomic E-state index is 12.8. The molecule has 0 fully saturated rings. The van der Waals surface area contributed by atoms with Crippen molar-refractivity contribution < 1.29 is 9.47 Å². The first-order chi connectivity index (χ1) is 11.2. The van der Waals surface area contributed by atoms with E-state index in [9.17, 15) is 4.79 Å². The van der Waals surface area contributed by atoms with E-state index in [1.807, 2.05) is 13.0 Å². The molecule has 0 saturated carbocycles. The summed E-state index contributed by atoms with van der Waals surface area (Å²) in [7, 11) is 3.30. The number of hydrogen-bond donors (Lipinski definition) is 0. The van der Waals surface area contributed by atoms with Crippen molar-refractivity contribution in [1.29, 1.82) is 0 Å². The Balaban J connectivity index is 2.04. The first-order valence-corrected chi connectivity index (χ1v) is 8.16. The van der Waals surface area contributed by atoms with Gasteiger partial charge in [-0.1, -0.05) is 0 Å². The number of nitrogens with zero attached hydrogens (tertiary/aromatic N) is 1. The number of rotatable bonds is 2. The van der Waals surface area contributed by atoms with Crippen LogP contribution in [0.3, 0.4) is 0 Å². The molecule has 0 N–H and O–H groups in total. The van der Waals surface area contributed by atoms with E-state index in [4.69, 9.17) is 9.47 Å². The summed E-state index contributed by atoms with van der Waals surface area (Å²) in [5.41, 5.74) is 6.77. The number of methoxy groups -OCH3 is 2. The van der Waals surface area contributed by atoms with Crippen LogP contribution >= 0.6 is 0 Å². The van der Waals surface area contributed by atoms with Crippen molar-refractivity contribution in [2.45, 2.75) is 39.2 Å². The third-order valence-electron chi connectivity index (χ3n) is 5.22. The zero-order chi connectivity index (χ0) is 16.1. The molecule has 1 aromatic heterocycles. The molecule has 4 rings (SSSR count). The van der Waals surface area contributed by atoms with Crippen LogP contribution in [0.1, 0.15) is 28.8 Å². The van der Waals surface area contributed by atoms with Gasteiger partial charge in [0.15, 0.2) is 16.9 Å². The summed E-state index contributed by atoms with van der Waals surface area (Å²) in [5, 5.41) is 0. The molecule has 2 aromatic rings. The second-order valence-electron chi connectivity index (χ2n) is 6.35. The molecule has 2 heterocycles. The van der Waals surface area contributed by atoms with E-state index in [1.165, 1.54) is 11.3 Å². The lowest BCUT2D eigenvalue weighted by atomic mass is 9.92. The van der Waals surface area contributed by atoms with Crippen molar-refractivity contribution in [3.05, 3.63) is 44.7 Å². The monoisotopic (exact) mass is 311 g/mol. The topological polar surface area (TPSA) is 40.5 Å².